The zero-order chi connectivity index (χ0) is 15.6. The molecule has 21 heavy (non-hydrogen) atoms. The summed E-state index contributed by atoms with van der Waals surface area (Å²) < 4.78 is 40.0. The van der Waals surface area contributed by atoms with E-state index in [9.17, 15) is 18.0 Å². The lowest BCUT2D eigenvalue weighted by atomic mass is 9.78. The number of carbonyl (C=O) groups excluding carboxylic acids is 1. The van der Waals surface area contributed by atoms with E-state index >= 15 is 0 Å². The Morgan fingerprint density at radius 2 is 1.95 bits per heavy atom. The molecule has 1 amide bonds. The first kappa shape index (κ1) is 16.3. The van der Waals surface area contributed by atoms with Crippen LogP contribution in [0, 0.1) is 18.8 Å². The van der Waals surface area contributed by atoms with Crippen LogP contribution < -0.4 is 5.32 Å². The number of aryl methyl sites for hydroxylation is 1. The molecule has 0 spiro atoms. The number of hydrogen-bond donors (Lipinski definition) is 1. The molecule has 2 rings (SSSR count). The summed E-state index contributed by atoms with van der Waals surface area (Å²) in [6, 6.07) is 5.27. The molecule has 0 aliphatic heterocycles. The van der Waals surface area contributed by atoms with Crippen molar-refractivity contribution in [2.24, 2.45) is 11.8 Å². The van der Waals surface area contributed by atoms with Crippen LogP contribution in [0.5, 0.6) is 0 Å². The Morgan fingerprint density at radius 3 is 2.57 bits per heavy atom. The molecule has 1 N–H and O–H groups in total. The van der Waals surface area contributed by atoms with Crippen LogP contribution >= 0.6 is 15.9 Å². The first-order chi connectivity index (χ1) is 9.79. The Morgan fingerprint density at radius 1 is 1.29 bits per heavy atom. The monoisotopic (exact) mass is 363 g/mol. The number of hydrogen-bond acceptors (Lipinski definition) is 1. The van der Waals surface area contributed by atoms with Crippen LogP contribution in [-0.4, -0.2) is 12.1 Å². The lowest BCUT2D eigenvalue weighted by Gasteiger charge is -2.32. The summed E-state index contributed by atoms with van der Waals surface area (Å²) in [7, 11) is 0. The predicted molar refractivity (Wildman–Crippen MR) is 79.0 cm³/mol. The van der Waals surface area contributed by atoms with Gasteiger partial charge in [-0.15, -0.1) is 0 Å². The molecule has 1 aromatic carbocycles. The Hall–Kier alpha value is -1.04. The summed E-state index contributed by atoms with van der Waals surface area (Å²) in [6.07, 6.45) is -2.76. The summed E-state index contributed by atoms with van der Waals surface area (Å²) in [5, 5.41) is 2.65. The van der Waals surface area contributed by atoms with Crippen LogP contribution in [0.3, 0.4) is 0 Å². The van der Waals surface area contributed by atoms with Crippen molar-refractivity contribution in [2.45, 2.75) is 38.8 Å². The minimum absolute atomic E-state index is 0.0426. The minimum Gasteiger partial charge on any atom is -0.326 e. The van der Waals surface area contributed by atoms with E-state index in [1.807, 2.05) is 13.0 Å². The highest BCUT2D eigenvalue weighted by atomic mass is 79.9. The SMILES string of the molecule is Cc1cc(Br)ccc1NC(=O)C1CCCCC1C(F)(F)F. The standard InChI is InChI=1S/C15H17BrF3NO/c1-9-8-10(16)6-7-13(9)20-14(21)11-4-2-3-5-12(11)15(17,18)19/h6-8,11-12H,2-5H2,1H3,(H,20,21). The fraction of sp³-hybridized carbons (Fsp3) is 0.533. The van der Waals surface area contributed by atoms with Gasteiger partial charge >= 0.3 is 6.18 Å². The quantitative estimate of drug-likeness (QED) is 0.781. The topological polar surface area (TPSA) is 29.1 Å². The molecule has 116 valence electrons. The molecule has 0 bridgehead atoms. The maximum Gasteiger partial charge on any atom is 0.392 e. The van der Waals surface area contributed by atoms with Gasteiger partial charge in [0.2, 0.25) is 5.91 Å². The summed E-state index contributed by atoms with van der Waals surface area (Å²) in [4.78, 5) is 12.2. The smallest absolute Gasteiger partial charge is 0.326 e. The molecule has 0 heterocycles. The van der Waals surface area contributed by atoms with Crippen molar-refractivity contribution >= 4 is 27.5 Å². The van der Waals surface area contributed by atoms with Crippen molar-refractivity contribution in [1.82, 2.24) is 0 Å². The van der Waals surface area contributed by atoms with Crippen molar-refractivity contribution < 1.29 is 18.0 Å². The Kier molecular flexibility index (Phi) is 4.96. The highest BCUT2D eigenvalue weighted by Gasteiger charge is 2.48. The van der Waals surface area contributed by atoms with Crippen molar-refractivity contribution in [3.8, 4) is 0 Å². The van der Waals surface area contributed by atoms with Crippen molar-refractivity contribution in [2.75, 3.05) is 5.32 Å². The van der Waals surface area contributed by atoms with E-state index in [2.05, 4.69) is 21.2 Å². The average Bonchev–Trinajstić information content (AvgIpc) is 2.41. The number of benzene rings is 1. The van der Waals surface area contributed by atoms with Crippen molar-refractivity contribution in [3.05, 3.63) is 28.2 Å². The molecule has 0 saturated heterocycles. The van der Waals surface area contributed by atoms with Crippen LogP contribution in [-0.2, 0) is 4.79 Å². The summed E-state index contributed by atoms with van der Waals surface area (Å²) in [6.45, 7) is 1.81. The molecular weight excluding hydrogens is 347 g/mol. The van der Waals surface area contributed by atoms with Crippen LogP contribution in [0.4, 0.5) is 18.9 Å². The van der Waals surface area contributed by atoms with Crippen molar-refractivity contribution in [1.29, 1.82) is 0 Å². The molecule has 1 fully saturated rings. The van der Waals surface area contributed by atoms with Crippen LogP contribution in [0.15, 0.2) is 22.7 Å². The van der Waals surface area contributed by atoms with Gasteiger partial charge in [-0.25, -0.2) is 0 Å². The number of amides is 1. The van der Waals surface area contributed by atoms with E-state index in [1.54, 1.807) is 12.1 Å². The molecule has 2 atom stereocenters. The highest BCUT2D eigenvalue weighted by molar-refractivity contribution is 9.10. The lowest BCUT2D eigenvalue weighted by molar-refractivity contribution is -0.197. The first-order valence-electron chi connectivity index (χ1n) is 6.93. The number of anilines is 1. The van der Waals surface area contributed by atoms with Crippen LogP contribution in [0.2, 0.25) is 0 Å². The van der Waals surface area contributed by atoms with E-state index in [-0.39, 0.29) is 6.42 Å². The van der Waals surface area contributed by atoms with Gasteiger partial charge in [0.1, 0.15) is 0 Å². The molecule has 2 nitrogen and oxygen atoms in total. The Balaban J connectivity index is 2.14. The first-order valence-corrected chi connectivity index (χ1v) is 7.72. The van der Waals surface area contributed by atoms with E-state index in [4.69, 9.17) is 0 Å². The third-order valence-corrected chi connectivity index (χ3v) is 4.46. The summed E-state index contributed by atoms with van der Waals surface area (Å²) in [5.74, 6) is -3.04. The summed E-state index contributed by atoms with van der Waals surface area (Å²) in [5.41, 5.74) is 1.38. The second kappa shape index (κ2) is 6.38. The van der Waals surface area contributed by atoms with Crippen LogP contribution in [0.25, 0.3) is 0 Å². The Labute approximate surface area is 130 Å². The fourth-order valence-corrected chi connectivity index (χ4v) is 3.30. The zero-order valence-electron chi connectivity index (χ0n) is 11.6. The maximum atomic E-state index is 13.0. The average molecular weight is 364 g/mol. The molecule has 1 aromatic rings. The number of nitrogens with one attached hydrogen (secondary N) is 1. The van der Waals surface area contributed by atoms with E-state index in [1.165, 1.54) is 0 Å². The highest BCUT2D eigenvalue weighted by Crippen LogP contribution is 2.42. The van der Waals surface area contributed by atoms with Crippen molar-refractivity contribution in [3.63, 3.8) is 0 Å². The third kappa shape index (κ3) is 3.99. The third-order valence-electron chi connectivity index (χ3n) is 3.97. The van der Waals surface area contributed by atoms with Gasteiger partial charge in [0.05, 0.1) is 5.92 Å². The zero-order valence-corrected chi connectivity index (χ0v) is 13.2. The number of alkyl halides is 3. The second-order valence-electron chi connectivity index (χ2n) is 5.49. The lowest BCUT2D eigenvalue weighted by Crippen LogP contribution is -2.39. The minimum atomic E-state index is -4.31. The second-order valence-corrected chi connectivity index (χ2v) is 6.40. The maximum absolute atomic E-state index is 13.0. The molecule has 6 heteroatoms. The van der Waals surface area contributed by atoms with Gasteiger partial charge in [-0.05, 0) is 43.5 Å². The van der Waals surface area contributed by atoms with Gasteiger partial charge in [0.25, 0.3) is 0 Å². The Bertz CT molecular complexity index is 530. The predicted octanol–water partition coefficient (Wildman–Crippen LogP) is 5.06. The molecule has 0 aromatic heterocycles. The van der Waals surface area contributed by atoms with E-state index in [0.717, 1.165) is 10.0 Å². The molecule has 1 saturated carbocycles. The summed E-state index contributed by atoms with van der Waals surface area (Å²) >= 11 is 3.31. The van der Waals surface area contributed by atoms with E-state index in [0.29, 0.717) is 24.9 Å². The largest absolute Gasteiger partial charge is 0.392 e. The van der Waals surface area contributed by atoms with Crippen LogP contribution in [0.1, 0.15) is 31.2 Å². The molecular formula is C15H17BrF3NO. The van der Waals surface area contributed by atoms with Gasteiger partial charge in [0.15, 0.2) is 0 Å². The molecule has 1 aliphatic rings. The molecule has 0 radical (unpaired) electrons. The van der Waals surface area contributed by atoms with Gasteiger partial charge in [-0.1, -0.05) is 28.8 Å². The molecule has 2 unspecified atom stereocenters. The van der Waals surface area contributed by atoms with E-state index < -0.39 is 23.9 Å². The number of rotatable bonds is 2. The van der Waals surface area contributed by atoms with Gasteiger partial charge in [0, 0.05) is 16.1 Å². The normalized spacial score (nSPS) is 22.9. The van der Waals surface area contributed by atoms with Gasteiger partial charge < -0.3 is 5.32 Å². The number of carbonyl (C=O) groups is 1. The van der Waals surface area contributed by atoms with Gasteiger partial charge in [-0.3, -0.25) is 4.79 Å². The number of halogens is 4. The fourth-order valence-electron chi connectivity index (χ4n) is 2.83. The van der Waals surface area contributed by atoms with Gasteiger partial charge in [-0.2, -0.15) is 13.2 Å². The molecule has 1 aliphatic carbocycles.